The van der Waals surface area contributed by atoms with Gasteiger partial charge in [-0.25, -0.2) is 4.39 Å². The number of anilines is 1. The molecular formula is C14H15FN4O. The summed E-state index contributed by atoms with van der Waals surface area (Å²) in [5.41, 5.74) is 2.04. The minimum Gasteiger partial charge on any atom is -0.325 e. The van der Waals surface area contributed by atoms with Crippen molar-refractivity contribution in [2.75, 3.05) is 11.9 Å². The Hall–Kier alpha value is -2.34. The van der Waals surface area contributed by atoms with E-state index in [1.165, 1.54) is 12.1 Å². The van der Waals surface area contributed by atoms with Crippen LogP contribution in [0.15, 0.2) is 36.7 Å². The Kier molecular flexibility index (Phi) is 4.73. The van der Waals surface area contributed by atoms with E-state index in [9.17, 15) is 9.18 Å². The molecule has 0 bridgehead atoms. The largest absolute Gasteiger partial charge is 0.325 e. The standard InChI is InChI=1S/C14H15FN4O/c1-10-6-18-13(8-17-10)7-16-9-14(20)19-12-4-2-3-11(15)5-12/h2-6,8,16H,7,9H2,1H3,(H,19,20). The van der Waals surface area contributed by atoms with Gasteiger partial charge in [-0.15, -0.1) is 0 Å². The van der Waals surface area contributed by atoms with Crippen molar-refractivity contribution in [3.05, 3.63) is 53.9 Å². The van der Waals surface area contributed by atoms with Crippen molar-refractivity contribution in [1.82, 2.24) is 15.3 Å². The van der Waals surface area contributed by atoms with Crippen molar-refractivity contribution in [3.63, 3.8) is 0 Å². The Morgan fingerprint density at radius 1 is 1.30 bits per heavy atom. The average Bonchev–Trinajstić information content (AvgIpc) is 2.41. The highest BCUT2D eigenvalue weighted by atomic mass is 19.1. The van der Waals surface area contributed by atoms with E-state index < -0.39 is 0 Å². The molecule has 1 aromatic heterocycles. The maximum Gasteiger partial charge on any atom is 0.238 e. The van der Waals surface area contributed by atoms with Gasteiger partial charge in [0.2, 0.25) is 5.91 Å². The van der Waals surface area contributed by atoms with Crippen molar-refractivity contribution in [1.29, 1.82) is 0 Å². The quantitative estimate of drug-likeness (QED) is 0.870. The molecule has 20 heavy (non-hydrogen) atoms. The number of hydrogen-bond acceptors (Lipinski definition) is 4. The molecule has 1 aromatic carbocycles. The molecule has 0 aliphatic rings. The van der Waals surface area contributed by atoms with E-state index >= 15 is 0 Å². The number of hydrogen-bond donors (Lipinski definition) is 2. The summed E-state index contributed by atoms with van der Waals surface area (Å²) in [5.74, 6) is -0.624. The lowest BCUT2D eigenvalue weighted by molar-refractivity contribution is -0.115. The van der Waals surface area contributed by atoms with Gasteiger partial charge >= 0.3 is 0 Å². The Morgan fingerprint density at radius 2 is 2.15 bits per heavy atom. The van der Waals surface area contributed by atoms with Crippen LogP contribution >= 0.6 is 0 Å². The first-order valence-electron chi connectivity index (χ1n) is 6.17. The molecule has 1 amide bonds. The smallest absolute Gasteiger partial charge is 0.238 e. The molecule has 0 aliphatic heterocycles. The van der Waals surface area contributed by atoms with E-state index in [4.69, 9.17) is 0 Å². The zero-order valence-corrected chi connectivity index (χ0v) is 11.1. The molecule has 0 radical (unpaired) electrons. The van der Waals surface area contributed by atoms with Crippen LogP contribution in [0.4, 0.5) is 10.1 Å². The van der Waals surface area contributed by atoms with Crippen molar-refractivity contribution in [2.24, 2.45) is 0 Å². The highest BCUT2D eigenvalue weighted by molar-refractivity contribution is 5.92. The Labute approximate surface area is 116 Å². The molecular weight excluding hydrogens is 259 g/mol. The SMILES string of the molecule is Cc1cnc(CNCC(=O)Nc2cccc(F)c2)cn1. The highest BCUT2D eigenvalue weighted by Gasteiger charge is 2.03. The number of aromatic nitrogens is 2. The number of aryl methyl sites for hydroxylation is 1. The number of rotatable bonds is 5. The molecule has 0 aliphatic carbocycles. The van der Waals surface area contributed by atoms with Crippen LogP contribution < -0.4 is 10.6 Å². The summed E-state index contributed by atoms with van der Waals surface area (Å²) in [6.45, 7) is 2.42. The van der Waals surface area contributed by atoms with Crippen LogP contribution in [0.3, 0.4) is 0 Å². The third kappa shape index (κ3) is 4.40. The summed E-state index contributed by atoms with van der Waals surface area (Å²) in [5, 5.41) is 5.55. The number of carbonyl (C=O) groups excluding carboxylic acids is 1. The lowest BCUT2D eigenvalue weighted by Gasteiger charge is -2.06. The third-order valence-corrected chi connectivity index (χ3v) is 2.53. The van der Waals surface area contributed by atoms with Gasteiger partial charge in [-0.3, -0.25) is 14.8 Å². The van der Waals surface area contributed by atoms with E-state index in [2.05, 4.69) is 20.6 Å². The van der Waals surface area contributed by atoms with Crippen LogP contribution in [0.25, 0.3) is 0 Å². The van der Waals surface area contributed by atoms with Gasteiger partial charge in [-0.2, -0.15) is 0 Å². The second-order valence-electron chi connectivity index (χ2n) is 4.31. The normalized spacial score (nSPS) is 10.3. The van der Waals surface area contributed by atoms with Gasteiger partial charge in [-0.05, 0) is 25.1 Å². The fourth-order valence-electron chi connectivity index (χ4n) is 1.59. The maximum atomic E-state index is 12.9. The summed E-state index contributed by atoms with van der Waals surface area (Å²) < 4.78 is 12.9. The van der Waals surface area contributed by atoms with Gasteiger partial charge in [0.1, 0.15) is 5.82 Å². The van der Waals surface area contributed by atoms with E-state index in [1.807, 2.05) is 6.92 Å². The Bertz CT molecular complexity index is 586. The topological polar surface area (TPSA) is 66.9 Å². The van der Waals surface area contributed by atoms with Crippen LogP contribution in [0, 0.1) is 12.7 Å². The highest BCUT2D eigenvalue weighted by Crippen LogP contribution is 2.08. The molecule has 0 fully saturated rings. The van der Waals surface area contributed by atoms with Gasteiger partial charge in [0, 0.05) is 24.6 Å². The lowest BCUT2D eigenvalue weighted by Crippen LogP contribution is -2.28. The zero-order valence-electron chi connectivity index (χ0n) is 11.1. The maximum absolute atomic E-state index is 12.9. The second-order valence-corrected chi connectivity index (χ2v) is 4.31. The number of halogens is 1. The summed E-state index contributed by atoms with van der Waals surface area (Å²) in [7, 11) is 0. The Balaban J connectivity index is 1.76. The van der Waals surface area contributed by atoms with Gasteiger partial charge in [0.05, 0.1) is 17.9 Å². The van der Waals surface area contributed by atoms with E-state index in [0.717, 1.165) is 11.4 Å². The third-order valence-electron chi connectivity index (χ3n) is 2.53. The van der Waals surface area contributed by atoms with Crippen LogP contribution in [-0.2, 0) is 11.3 Å². The van der Waals surface area contributed by atoms with Gasteiger partial charge in [-0.1, -0.05) is 6.07 Å². The summed E-state index contributed by atoms with van der Waals surface area (Å²) in [6.07, 6.45) is 3.33. The van der Waals surface area contributed by atoms with Gasteiger partial charge in [0.15, 0.2) is 0 Å². The van der Waals surface area contributed by atoms with Crippen molar-refractivity contribution in [3.8, 4) is 0 Å². The minimum absolute atomic E-state index is 0.117. The van der Waals surface area contributed by atoms with Crippen LogP contribution in [-0.4, -0.2) is 22.4 Å². The zero-order chi connectivity index (χ0) is 14.4. The first-order chi connectivity index (χ1) is 9.63. The fourth-order valence-corrected chi connectivity index (χ4v) is 1.59. The van der Waals surface area contributed by atoms with Crippen LogP contribution in [0.2, 0.25) is 0 Å². The molecule has 0 spiro atoms. The molecule has 0 saturated heterocycles. The predicted molar refractivity (Wildman–Crippen MR) is 73.5 cm³/mol. The van der Waals surface area contributed by atoms with E-state index in [1.54, 1.807) is 24.5 Å². The molecule has 0 unspecified atom stereocenters. The van der Waals surface area contributed by atoms with Gasteiger partial charge in [0.25, 0.3) is 0 Å². The molecule has 2 N–H and O–H groups in total. The van der Waals surface area contributed by atoms with E-state index in [-0.39, 0.29) is 18.3 Å². The molecule has 6 heteroatoms. The molecule has 2 aromatic rings. The number of nitrogens with zero attached hydrogens (tertiary/aromatic N) is 2. The van der Waals surface area contributed by atoms with Crippen molar-refractivity contribution < 1.29 is 9.18 Å². The molecule has 104 valence electrons. The first-order valence-corrected chi connectivity index (χ1v) is 6.17. The first kappa shape index (κ1) is 14.1. The second kappa shape index (κ2) is 6.72. The van der Waals surface area contributed by atoms with Crippen LogP contribution in [0.1, 0.15) is 11.4 Å². The lowest BCUT2D eigenvalue weighted by atomic mass is 10.3. The molecule has 2 rings (SSSR count). The fraction of sp³-hybridized carbons (Fsp3) is 0.214. The molecule has 5 nitrogen and oxygen atoms in total. The summed E-state index contributed by atoms with van der Waals surface area (Å²) in [6, 6.07) is 5.76. The molecule has 1 heterocycles. The predicted octanol–water partition coefficient (Wildman–Crippen LogP) is 1.65. The van der Waals surface area contributed by atoms with E-state index in [0.29, 0.717) is 12.2 Å². The van der Waals surface area contributed by atoms with Crippen molar-refractivity contribution in [2.45, 2.75) is 13.5 Å². The minimum atomic E-state index is -0.384. The summed E-state index contributed by atoms with van der Waals surface area (Å²) in [4.78, 5) is 19.9. The number of nitrogens with one attached hydrogen (secondary N) is 2. The average molecular weight is 274 g/mol. The Morgan fingerprint density at radius 3 is 2.85 bits per heavy atom. The molecule has 0 saturated carbocycles. The number of amides is 1. The van der Waals surface area contributed by atoms with Crippen LogP contribution in [0.5, 0.6) is 0 Å². The summed E-state index contributed by atoms with van der Waals surface area (Å²) >= 11 is 0. The monoisotopic (exact) mass is 274 g/mol. The van der Waals surface area contributed by atoms with Crippen molar-refractivity contribution >= 4 is 11.6 Å². The molecule has 0 atom stereocenters. The number of carbonyl (C=O) groups is 1. The van der Waals surface area contributed by atoms with Gasteiger partial charge < -0.3 is 10.6 Å². The number of benzene rings is 1.